The van der Waals surface area contributed by atoms with Gasteiger partial charge in [-0.05, 0) is 49.2 Å². The number of aryl methyl sites for hydroxylation is 2. The molecule has 3 nitrogen and oxygen atoms in total. The smallest absolute Gasteiger partial charge is 0.0991 e. The van der Waals surface area contributed by atoms with E-state index >= 15 is 0 Å². The molecule has 1 aromatic carbocycles. The molecule has 0 bridgehead atoms. The minimum absolute atomic E-state index is 0.698. The van der Waals surface area contributed by atoms with Crippen LogP contribution in [-0.4, -0.2) is 9.97 Å². The van der Waals surface area contributed by atoms with Gasteiger partial charge in [-0.15, -0.1) is 0 Å². The third-order valence-corrected chi connectivity index (χ3v) is 3.57. The second-order valence-corrected chi connectivity index (χ2v) is 4.89. The van der Waals surface area contributed by atoms with Crippen LogP contribution in [0.15, 0.2) is 36.5 Å². The highest BCUT2D eigenvalue weighted by atomic mass is 14.7. The van der Waals surface area contributed by atoms with Crippen molar-refractivity contribution in [3.05, 3.63) is 53.3 Å². The lowest BCUT2D eigenvalue weighted by atomic mass is 10.0. The molecule has 0 radical (unpaired) electrons. The molecule has 0 spiro atoms. The summed E-state index contributed by atoms with van der Waals surface area (Å²) in [5, 5.41) is 10.2. The van der Waals surface area contributed by atoms with E-state index in [-0.39, 0.29) is 0 Å². The molecule has 20 heavy (non-hydrogen) atoms. The highest BCUT2D eigenvalue weighted by Crippen LogP contribution is 2.31. The zero-order valence-electron chi connectivity index (χ0n) is 11.6. The molecule has 3 rings (SSSR count). The van der Waals surface area contributed by atoms with Crippen LogP contribution in [0, 0.1) is 18.3 Å². The van der Waals surface area contributed by atoms with Crippen molar-refractivity contribution in [3.8, 4) is 17.3 Å². The minimum Gasteiger partial charge on any atom is -0.354 e. The van der Waals surface area contributed by atoms with Crippen molar-refractivity contribution >= 4 is 10.9 Å². The van der Waals surface area contributed by atoms with E-state index in [1.54, 1.807) is 0 Å². The summed E-state index contributed by atoms with van der Waals surface area (Å²) in [6, 6.07) is 12.1. The van der Waals surface area contributed by atoms with Crippen molar-refractivity contribution in [3.63, 3.8) is 0 Å². The van der Waals surface area contributed by atoms with Gasteiger partial charge >= 0.3 is 0 Å². The van der Waals surface area contributed by atoms with Crippen molar-refractivity contribution in [1.29, 1.82) is 5.26 Å². The van der Waals surface area contributed by atoms with Gasteiger partial charge in [-0.1, -0.05) is 6.92 Å². The van der Waals surface area contributed by atoms with Crippen LogP contribution in [-0.2, 0) is 6.42 Å². The van der Waals surface area contributed by atoms with Crippen LogP contribution in [0.3, 0.4) is 0 Å². The predicted molar refractivity (Wildman–Crippen MR) is 80.4 cm³/mol. The first-order chi connectivity index (χ1) is 9.72. The molecule has 3 heteroatoms. The van der Waals surface area contributed by atoms with Gasteiger partial charge in [0.15, 0.2) is 0 Å². The lowest BCUT2D eigenvalue weighted by molar-refractivity contribution is 1.15. The van der Waals surface area contributed by atoms with Gasteiger partial charge in [0, 0.05) is 34.1 Å². The van der Waals surface area contributed by atoms with Crippen molar-refractivity contribution in [2.75, 3.05) is 0 Å². The SMILES string of the molecule is CCc1c(-c2ccnc(C)c2)[nH]c2ccc(C#N)cc12. The normalized spacial score (nSPS) is 10.7. The molecular weight excluding hydrogens is 246 g/mol. The minimum atomic E-state index is 0.698. The fourth-order valence-corrected chi connectivity index (χ4v) is 2.63. The lowest BCUT2D eigenvalue weighted by Crippen LogP contribution is -1.87. The van der Waals surface area contributed by atoms with Crippen molar-refractivity contribution < 1.29 is 0 Å². The Morgan fingerprint density at radius 1 is 1.25 bits per heavy atom. The number of aromatic nitrogens is 2. The predicted octanol–water partition coefficient (Wildman–Crippen LogP) is 3.97. The molecule has 98 valence electrons. The van der Waals surface area contributed by atoms with E-state index in [0.717, 1.165) is 34.3 Å². The first kappa shape index (κ1) is 12.4. The van der Waals surface area contributed by atoms with Gasteiger partial charge in [0.1, 0.15) is 0 Å². The molecule has 0 aliphatic heterocycles. The van der Waals surface area contributed by atoms with Crippen molar-refractivity contribution in [2.24, 2.45) is 0 Å². The van der Waals surface area contributed by atoms with Gasteiger partial charge in [-0.2, -0.15) is 5.26 Å². The molecule has 3 aromatic rings. The summed E-state index contributed by atoms with van der Waals surface area (Å²) in [6.45, 7) is 4.13. The summed E-state index contributed by atoms with van der Waals surface area (Å²) in [5.74, 6) is 0. The standard InChI is InChI=1S/C17H15N3/c1-3-14-15-9-12(10-18)4-5-16(15)20-17(14)13-6-7-19-11(2)8-13/h4-9,20H,3H2,1-2H3. The molecule has 2 aromatic heterocycles. The molecule has 0 saturated carbocycles. The average molecular weight is 261 g/mol. The van der Waals surface area contributed by atoms with Crippen LogP contribution >= 0.6 is 0 Å². The van der Waals surface area contributed by atoms with Gasteiger partial charge < -0.3 is 4.98 Å². The van der Waals surface area contributed by atoms with Gasteiger partial charge in [0.2, 0.25) is 0 Å². The summed E-state index contributed by atoms with van der Waals surface area (Å²) in [5.41, 5.74) is 6.30. The number of fused-ring (bicyclic) bond motifs is 1. The van der Waals surface area contributed by atoms with E-state index in [9.17, 15) is 0 Å². The molecule has 0 fully saturated rings. The van der Waals surface area contributed by atoms with E-state index in [4.69, 9.17) is 5.26 Å². The van der Waals surface area contributed by atoms with Crippen LogP contribution in [0.25, 0.3) is 22.2 Å². The Morgan fingerprint density at radius 3 is 2.80 bits per heavy atom. The van der Waals surface area contributed by atoms with Crippen LogP contribution in [0.2, 0.25) is 0 Å². The molecule has 0 amide bonds. The first-order valence-corrected chi connectivity index (χ1v) is 6.70. The maximum absolute atomic E-state index is 9.05. The van der Waals surface area contributed by atoms with Crippen LogP contribution in [0.5, 0.6) is 0 Å². The topological polar surface area (TPSA) is 52.5 Å². The van der Waals surface area contributed by atoms with Crippen LogP contribution in [0.4, 0.5) is 0 Å². The van der Waals surface area contributed by atoms with Gasteiger partial charge in [0.25, 0.3) is 0 Å². The summed E-state index contributed by atoms with van der Waals surface area (Å²) < 4.78 is 0. The number of nitriles is 1. The Morgan fingerprint density at radius 2 is 2.10 bits per heavy atom. The molecule has 0 aliphatic rings. The second-order valence-electron chi connectivity index (χ2n) is 4.89. The van der Waals surface area contributed by atoms with E-state index in [2.05, 4.69) is 29.0 Å². The van der Waals surface area contributed by atoms with E-state index in [0.29, 0.717) is 5.56 Å². The summed E-state index contributed by atoms with van der Waals surface area (Å²) in [4.78, 5) is 7.72. The van der Waals surface area contributed by atoms with E-state index in [1.807, 2.05) is 37.4 Å². The number of aromatic amines is 1. The largest absolute Gasteiger partial charge is 0.354 e. The Bertz CT molecular complexity index is 822. The highest BCUT2D eigenvalue weighted by Gasteiger charge is 2.12. The van der Waals surface area contributed by atoms with Gasteiger partial charge in [-0.25, -0.2) is 0 Å². The first-order valence-electron chi connectivity index (χ1n) is 6.70. The zero-order valence-corrected chi connectivity index (χ0v) is 11.6. The lowest BCUT2D eigenvalue weighted by Gasteiger charge is -2.03. The molecule has 2 heterocycles. The summed E-state index contributed by atoms with van der Waals surface area (Å²) in [6.07, 6.45) is 2.75. The second kappa shape index (κ2) is 4.82. The average Bonchev–Trinajstić information content (AvgIpc) is 2.84. The Kier molecular flexibility index (Phi) is 3.00. The van der Waals surface area contributed by atoms with Crippen LogP contribution in [0.1, 0.15) is 23.7 Å². The van der Waals surface area contributed by atoms with Crippen molar-refractivity contribution in [2.45, 2.75) is 20.3 Å². The maximum atomic E-state index is 9.05. The zero-order chi connectivity index (χ0) is 14.1. The number of benzene rings is 1. The Hall–Kier alpha value is -2.60. The number of H-pyrrole nitrogens is 1. The van der Waals surface area contributed by atoms with Crippen LogP contribution < -0.4 is 0 Å². The monoisotopic (exact) mass is 261 g/mol. The number of rotatable bonds is 2. The Balaban J connectivity index is 2.29. The van der Waals surface area contributed by atoms with E-state index in [1.165, 1.54) is 5.56 Å². The number of hydrogen-bond donors (Lipinski definition) is 1. The number of nitrogens with one attached hydrogen (secondary N) is 1. The molecular formula is C17H15N3. The summed E-state index contributed by atoms with van der Waals surface area (Å²) >= 11 is 0. The van der Waals surface area contributed by atoms with Crippen molar-refractivity contribution in [1.82, 2.24) is 9.97 Å². The Labute approximate surface area is 117 Å². The van der Waals surface area contributed by atoms with Gasteiger partial charge in [-0.3, -0.25) is 4.98 Å². The number of hydrogen-bond acceptors (Lipinski definition) is 2. The quantitative estimate of drug-likeness (QED) is 0.758. The maximum Gasteiger partial charge on any atom is 0.0991 e. The highest BCUT2D eigenvalue weighted by molar-refractivity contribution is 5.91. The molecule has 0 atom stereocenters. The summed E-state index contributed by atoms with van der Waals surface area (Å²) in [7, 11) is 0. The molecule has 0 unspecified atom stereocenters. The third-order valence-electron chi connectivity index (χ3n) is 3.57. The molecule has 1 N–H and O–H groups in total. The fourth-order valence-electron chi connectivity index (χ4n) is 2.63. The number of nitrogens with zero attached hydrogens (tertiary/aromatic N) is 2. The van der Waals surface area contributed by atoms with Gasteiger partial charge in [0.05, 0.1) is 11.6 Å². The molecule has 0 aliphatic carbocycles. The fraction of sp³-hybridized carbons (Fsp3) is 0.176. The van der Waals surface area contributed by atoms with E-state index < -0.39 is 0 Å². The molecule has 0 saturated heterocycles. The number of pyridine rings is 1. The third kappa shape index (κ3) is 1.96.